The van der Waals surface area contributed by atoms with Crippen LogP contribution in [0.4, 0.5) is 0 Å². The Balaban J connectivity index is 2.66. The first-order valence-electron chi connectivity index (χ1n) is 6.77. The monoisotopic (exact) mass is 280 g/mol. The standard InChI is InChI=1S/C16H24O2S/c1-5-18-15(17)14(12-19-16(2,3)4)11-13-9-7-6-8-10-13/h6-10,14H,5,11-12H2,1-4H3/t14-/m0/s1. The van der Waals surface area contributed by atoms with Crippen LogP contribution in [0.15, 0.2) is 30.3 Å². The number of ether oxygens (including phenoxy) is 1. The molecule has 0 radical (unpaired) electrons. The van der Waals surface area contributed by atoms with Gasteiger partial charge in [0.1, 0.15) is 0 Å². The molecule has 0 aliphatic rings. The summed E-state index contributed by atoms with van der Waals surface area (Å²) < 4.78 is 5.36. The molecule has 106 valence electrons. The number of hydrogen-bond donors (Lipinski definition) is 0. The second-order valence-corrected chi connectivity index (χ2v) is 7.41. The van der Waals surface area contributed by atoms with Crippen LogP contribution in [0.2, 0.25) is 0 Å². The van der Waals surface area contributed by atoms with Gasteiger partial charge < -0.3 is 4.74 Å². The molecule has 0 spiro atoms. The first kappa shape index (κ1) is 16.1. The van der Waals surface area contributed by atoms with Crippen molar-refractivity contribution in [2.24, 2.45) is 5.92 Å². The van der Waals surface area contributed by atoms with Gasteiger partial charge in [-0.3, -0.25) is 4.79 Å². The molecule has 0 unspecified atom stereocenters. The number of carbonyl (C=O) groups is 1. The number of esters is 1. The van der Waals surface area contributed by atoms with Crippen LogP contribution in [0.3, 0.4) is 0 Å². The van der Waals surface area contributed by atoms with Crippen molar-refractivity contribution < 1.29 is 9.53 Å². The van der Waals surface area contributed by atoms with Gasteiger partial charge in [0.25, 0.3) is 0 Å². The van der Waals surface area contributed by atoms with Crippen molar-refractivity contribution in [3.63, 3.8) is 0 Å². The molecule has 0 N–H and O–H groups in total. The van der Waals surface area contributed by atoms with E-state index in [-0.39, 0.29) is 16.6 Å². The lowest BCUT2D eigenvalue weighted by Gasteiger charge is -2.22. The van der Waals surface area contributed by atoms with E-state index in [1.807, 2.05) is 36.9 Å². The molecule has 3 heteroatoms. The Labute approximate surface area is 120 Å². The number of hydrogen-bond acceptors (Lipinski definition) is 3. The predicted molar refractivity (Wildman–Crippen MR) is 82.5 cm³/mol. The summed E-state index contributed by atoms with van der Waals surface area (Å²) in [7, 11) is 0. The van der Waals surface area contributed by atoms with E-state index in [1.165, 1.54) is 5.56 Å². The van der Waals surface area contributed by atoms with Crippen LogP contribution in [0.5, 0.6) is 0 Å². The van der Waals surface area contributed by atoms with E-state index in [2.05, 4.69) is 32.9 Å². The maximum atomic E-state index is 12.0. The third-order valence-electron chi connectivity index (χ3n) is 2.66. The van der Waals surface area contributed by atoms with Crippen molar-refractivity contribution in [2.45, 2.75) is 38.9 Å². The third kappa shape index (κ3) is 6.67. The summed E-state index contributed by atoms with van der Waals surface area (Å²) in [6.45, 7) is 8.81. The molecule has 0 bridgehead atoms. The first-order chi connectivity index (χ1) is 8.92. The van der Waals surface area contributed by atoms with E-state index in [0.29, 0.717) is 6.61 Å². The van der Waals surface area contributed by atoms with Crippen molar-refractivity contribution in [3.05, 3.63) is 35.9 Å². The number of thioether (sulfide) groups is 1. The molecule has 1 aromatic carbocycles. The second kappa shape index (κ2) is 7.59. The van der Waals surface area contributed by atoms with Crippen LogP contribution < -0.4 is 0 Å². The molecule has 2 nitrogen and oxygen atoms in total. The SMILES string of the molecule is CCOC(=O)[C@H](CSC(C)(C)C)Cc1ccccc1. The second-order valence-electron chi connectivity index (χ2n) is 5.56. The Hall–Kier alpha value is -0.960. The Kier molecular flexibility index (Phi) is 6.43. The average Bonchev–Trinajstić information content (AvgIpc) is 2.35. The molecule has 1 aromatic rings. The Bertz CT molecular complexity index is 381. The Morgan fingerprint density at radius 2 is 1.89 bits per heavy atom. The van der Waals surface area contributed by atoms with E-state index in [4.69, 9.17) is 4.74 Å². The molecular weight excluding hydrogens is 256 g/mol. The van der Waals surface area contributed by atoms with Gasteiger partial charge in [0, 0.05) is 10.5 Å². The molecule has 1 rings (SSSR count). The quantitative estimate of drug-likeness (QED) is 0.738. The third-order valence-corrected chi connectivity index (χ3v) is 4.10. The van der Waals surface area contributed by atoms with Crippen molar-refractivity contribution in [1.82, 2.24) is 0 Å². The van der Waals surface area contributed by atoms with Crippen LogP contribution in [-0.2, 0) is 16.0 Å². The van der Waals surface area contributed by atoms with Gasteiger partial charge in [-0.25, -0.2) is 0 Å². The van der Waals surface area contributed by atoms with Crippen molar-refractivity contribution >= 4 is 17.7 Å². The molecule has 0 aliphatic heterocycles. The van der Waals surface area contributed by atoms with Crippen LogP contribution >= 0.6 is 11.8 Å². The highest BCUT2D eigenvalue weighted by atomic mass is 32.2. The summed E-state index contributed by atoms with van der Waals surface area (Å²) in [4.78, 5) is 12.0. The average molecular weight is 280 g/mol. The molecule has 0 fully saturated rings. The van der Waals surface area contributed by atoms with Gasteiger partial charge in [-0.15, -0.1) is 0 Å². The number of rotatable bonds is 6. The van der Waals surface area contributed by atoms with Gasteiger partial charge in [-0.1, -0.05) is 51.1 Å². The predicted octanol–water partition coefficient (Wildman–Crippen LogP) is 3.94. The number of benzene rings is 1. The summed E-state index contributed by atoms with van der Waals surface area (Å²) in [5.41, 5.74) is 1.19. The maximum Gasteiger partial charge on any atom is 0.310 e. The topological polar surface area (TPSA) is 26.3 Å². The summed E-state index contributed by atoms with van der Waals surface area (Å²) >= 11 is 1.81. The minimum Gasteiger partial charge on any atom is -0.466 e. The lowest BCUT2D eigenvalue weighted by molar-refractivity contribution is -0.147. The van der Waals surface area contributed by atoms with Crippen molar-refractivity contribution in [2.75, 3.05) is 12.4 Å². The molecular formula is C16H24O2S. The largest absolute Gasteiger partial charge is 0.466 e. The molecule has 1 atom stereocenters. The summed E-state index contributed by atoms with van der Waals surface area (Å²) in [6, 6.07) is 10.1. The summed E-state index contributed by atoms with van der Waals surface area (Å²) in [6.07, 6.45) is 0.753. The zero-order valence-electron chi connectivity index (χ0n) is 12.3. The van der Waals surface area contributed by atoms with Crippen molar-refractivity contribution in [1.29, 1.82) is 0 Å². The summed E-state index contributed by atoms with van der Waals surface area (Å²) in [5, 5.41) is 0. The van der Waals surface area contributed by atoms with Crippen LogP contribution in [0, 0.1) is 5.92 Å². The Morgan fingerprint density at radius 1 is 1.26 bits per heavy atom. The minimum atomic E-state index is -0.0805. The molecule has 19 heavy (non-hydrogen) atoms. The Morgan fingerprint density at radius 3 is 2.42 bits per heavy atom. The van der Waals surface area contributed by atoms with E-state index in [9.17, 15) is 4.79 Å². The highest BCUT2D eigenvalue weighted by molar-refractivity contribution is 8.00. The van der Waals surface area contributed by atoms with Gasteiger partial charge >= 0.3 is 5.97 Å². The van der Waals surface area contributed by atoms with Gasteiger partial charge in [0.15, 0.2) is 0 Å². The normalized spacial score (nSPS) is 13.1. The van der Waals surface area contributed by atoms with Crippen LogP contribution in [0.1, 0.15) is 33.3 Å². The zero-order chi connectivity index (χ0) is 14.3. The molecule has 0 amide bonds. The summed E-state index contributed by atoms with van der Waals surface area (Å²) in [5.74, 6) is 0.659. The highest BCUT2D eigenvalue weighted by Gasteiger charge is 2.23. The van der Waals surface area contributed by atoms with Gasteiger partial charge in [-0.05, 0) is 18.9 Å². The lowest BCUT2D eigenvalue weighted by Crippen LogP contribution is -2.24. The molecule has 0 heterocycles. The molecule has 0 saturated heterocycles. The maximum absolute atomic E-state index is 12.0. The van der Waals surface area contributed by atoms with E-state index in [0.717, 1.165) is 12.2 Å². The fraction of sp³-hybridized carbons (Fsp3) is 0.562. The van der Waals surface area contributed by atoms with E-state index >= 15 is 0 Å². The van der Waals surface area contributed by atoms with Crippen LogP contribution in [-0.4, -0.2) is 23.1 Å². The zero-order valence-corrected chi connectivity index (χ0v) is 13.1. The number of carbonyl (C=O) groups excluding carboxylic acids is 1. The minimum absolute atomic E-state index is 0.0634. The lowest BCUT2D eigenvalue weighted by atomic mass is 10.0. The van der Waals surface area contributed by atoms with Gasteiger partial charge in [-0.2, -0.15) is 11.8 Å². The van der Waals surface area contributed by atoms with Crippen molar-refractivity contribution in [3.8, 4) is 0 Å². The highest BCUT2D eigenvalue weighted by Crippen LogP contribution is 2.27. The molecule has 0 saturated carbocycles. The van der Waals surface area contributed by atoms with Gasteiger partial charge in [0.2, 0.25) is 0 Å². The van der Waals surface area contributed by atoms with E-state index in [1.54, 1.807) is 0 Å². The van der Waals surface area contributed by atoms with Gasteiger partial charge in [0.05, 0.1) is 12.5 Å². The molecule has 0 aliphatic carbocycles. The fourth-order valence-corrected chi connectivity index (χ4v) is 2.67. The smallest absolute Gasteiger partial charge is 0.310 e. The van der Waals surface area contributed by atoms with Crippen LogP contribution in [0.25, 0.3) is 0 Å². The fourth-order valence-electron chi connectivity index (χ4n) is 1.72. The van der Waals surface area contributed by atoms with E-state index < -0.39 is 0 Å². The molecule has 0 aromatic heterocycles. The first-order valence-corrected chi connectivity index (χ1v) is 7.75.